The average Bonchev–Trinajstić information content (AvgIpc) is 3.59. The molecule has 0 unspecified atom stereocenters. The highest BCUT2D eigenvalue weighted by atomic mass is 35.5. The number of aromatic nitrogens is 2. The number of alkyl halides is 3. The number of likely N-dealkylation sites (tertiary alicyclic amines) is 1. The molecular formula is C36H49Cl3F4N4O2. The molecule has 0 radical (unpaired) electrons. The van der Waals surface area contributed by atoms with Crippen molar-refractivity contribution < 1.29 is 27.1 Å². The van der Waals surface area contributed by atoms with E-state index in [-0.39, 0.29) is 79.0 Å². The molecule has 2 heterocycles. The van der Waals surface area contributed by atoms with E-state index < -0.39 is 11.7 Å². The molecule has 0 spiro atoms. The minimum absolute atomic E-state index is 0. The van der Waals surface area contributed by atoms with Crippen LogP contribution in [0.3, 0.4) is 0 Å². The molecule has 1 aliphatic heterocycles. The van der Waals surface area contributed by atoms with Gasteiger partial charge in [0, 0.05) is 36.7 Å². The zero-order valence-electron chi connectivity index (χ0n) is 28.5. The number of ether oxygens (including phenoxy) is 1. The molecule has 3 atom stereocenters. The van der Waals surface area contributed by atoms with E-state index in [1.165, 1.54) is 23.9 Å². The Labute approximate surface area is 306 Å². The van der Waals surface area contributed by atoms with Gasteiger partial charge < -0.3 is 15.0 Å². The molecule has 1 saturated heterocycles. The summed E-state index contributed by atoms with van der Waals surface area (Å²) in [6.45, 7) is 11.7. The summed E-state index contributed by atoms with van der Waals surface area (Å²) in [6, 6.07) is 14.2. The van der Waals surface area contributed by atoms with Gasteiger partial charge >= 0.3 is 12.1 Å². The zero-order valence-corrected chi connectivity index (χ0v) is 30.9. The van der Waals surface area contributed by atoms with Crippen LogP contribution in [0.1, 0.15) is 93.3 Å². The van der Waals surface area contributed by atoms with Gasteiger partial charge in [-0.15, -0.1) is 37.2 Å². The standard InChI is InChI=1S/C36H46F4N4O2.3ClH/c1-5-44-33(20-30(42-44)17-24-9-11-28(12-10-24)36(38,39)40)25-13-15-43(16-14-25)23-27-19-31(46-34(45)22-41-35(2,3)4)21-32(27)26-7-6-8-29(37)18-26;;;/h6-12,18,20,25,27,31-32,41H,5,13-17,19,21-23H2,1-4H3;3*1H/t27-,31+,32-;;;/m1.../s1. The number of aryl methyl sites for hydroxylation is 1. The highest BCUT2D eigenvalue weighted by molar-refractivity contribution is 5.86. The van der Waals surface area contributed by atoms with Crippen molar-refractivity contribution in [2.24, 2.45) is 5.92 Å². The summed E-state index contributed by atoms with van der Waals surface area (Å²) in [5.41, 5.74) is 2.97. The topological polar surface area (TPSA) is 59.4 Å². The number of esters is 1. The number of hydrogen-bond donors (Lipinski definition) is 1. The predicted octanol–water partition coefficient (Wildman–Crippen LogP) is 8.59. The summed E-state index contributed by atoms with van der Waals surface area (Å²) in [5.74, 6) is 0.178. The molecule has 2 aliphatic rings. The molecule has 2 fully saturated rings. The Morgan fingerprint density at radius 1 is 0.980 bits per heavy atom. The molecule has 2 aromatic carbocycles. The Balaban J connectivity index is 0.00000278. The Hall–Kier alpha value is -2.37. The fourth-order valence-electron chi connectivity index (χ4n) is 7.00. The third kappa shape index (κ3) is 11.8. The van der Waals surface area contributed by atoms with E-state index in [0.29, 0.717) is 18.8 Å². The first kappa shape index (κ1) is 42.8. The molecule has 13 heteroatoms. The lowest BCUT2D eigenvalue weighted by Gasteiger charge is -2.35. The highest BCUT2D eigenvalue weighted by Crippen LogP contribution is 2.42. The van der Waals surface area contributed by atoms with Crippen LogP contribution in [0.4, 0.5) is 17.6 Å². The molecule has 1 aromatic heterocycles. The zero-order chi connectivity index (χ0) is 33.1. The third-order valence-electron chi connectivity index (χ3n) is 9.32. The summed E-state index contributed by atoms with van der Waals surface area (Å²) in [5, 5.41) is 7.98. The van der Waals surface area contributed by atoms with Crippen molar-refractivity contribution in [1.29, 1.82) is 0 Å². The summed E-state index contributed by atoms with van der Waals surface area (Å²) < 4.78 is 61.1. The molecule has 6 nitrogen and oxygen atoms in total. The number of halogens is 7. The summed E-state index contributed by atoms with van der Waals surface area (Å²) in [7, 11) is 0. The maximum Gasteiger partial charge on any atom is 0.416 e. The van der Waals surface area contributed by atoms with Crippen molar-refractivity contribution in [2.75, 3.05) is 26.2 Å². The monoisotopic (exact) mass is 750 g/mol. The molecular weight excluding hydrogens is 703 g/mol. The summed E-state index contributed by atoms with van der Waals surface area (Å²) in [6.07, 6.45) is -0.688. The number of nitrogens with one attached hydrogen (secondary N) is 1. The number of piperidine rings is 1. The second kappa shape index (κ2) is 18.2. The molecule has 1 N–H and O–H groups in total. The van der Waals surface area contributed by atoms with Crippen molar-refractivity contribution in [1.82, 2.24) is 20.0 Å². The maximum absolute atomic E-state index is 14.2. The predicted molar refractivity (Wildman–Crippen MR) is 192 cm³/mol. The Bertz CT molecular complexity index is 1470. The van der Waals surface area contributed by atoms with E-state index in [1.54, 1.807) is 12.1 Å². The lowest BCUT2D eigenvalue weighted by molar-refractivity contribution is -0.148. The molecule has 3 aromatic rings. The SMILES string of the molecule is CCn1nc(Cc2ccc(C(F)(F)F)cc2)cc1C1CCN(C[C@H]2C[C@H](OC(=O)CNC(C)(C)C)C[C@@H]2c2cccc(F)c2)CC1.Cl.Cl.Cl. The van der Waals surface area contributed by atoms with Crippen molar-refractivity contribution in [3.63, 3.8) is 0 Å². The Morgan fingerprint density at radius 2 is 1.65 bits per heavy atom. The van der Waals surface area contributed by atoms with Crippen molar-refractivity contribution >= 4 is 43.2 Å². The number of hydrogen-bond acceptors (Lipinski definition) is 5. The number of nitrogens with zero attached hydrogens (tertiary/aromatic N) is 3. The first-order chi connectivity index (χ1) is 21.8. The second-order valence-corrected chi connectivity index (χ2v) is 13.9. The first-order valence-electron chi connectivity index (χ1n) is 16.4. The molecule has 1 saturated carbocycles. The normalized spacial score (nSPS) is 20.2. The van der Waals surface area contributed by atoms with Crippen LogP contribution < -0.4 is 5.32 Å². The van der Waals surface area contributed by atoms with Gasteiger partial charge in [-0.25, -0.2) is 4.39 Å². The van der Waals surface area contributed by atoms with Gasteiger partial charge in [-0.05, 0) is 120 Å². The molecule has 49 heavy (non-hydrogen) atoms. The molecule has 0 amide bonds. The van der Waals surface area contributed by atoms with Crippen LogP contribution in [-0.4, -0.2) is 58.5 Å². The van der Waals surface area contributed by atoms with Gasteiger partial charge in [0.1, 0.15) is 11.9 Å². The number of carbonyl (C=O) groups excluding carboxylic acids is 1. The largest absolute Gasteiger partial charge is 0.461 e. The van der Waals surface area contributed by atoms with Crippen molar-refractivity contribution in [3.05, 3.63) is 88.5 Å². The lowest BCUT2D eigenvalue weighted by Crippen LogP contribution is -2.40. The van der Waals surface area contributed by atoms with Gasteiger partial charge in [-0.3, -0.25) is 9.48 Å². The van der Waals surface area contributed by atoms with E-state index in [2.05, 4.69) is 23.2 Å². The minimum atomic E-state index is -4.35. The Morgan fingerprint density at radius 3 is 2.24 bits per heavy atom. The molecule has 0 bridgehead atoms. The van der Waals surface area contributed by atoms with E-state index in [4.69, 9.17) is 9.84 Å². The number of benzene rings is 2. The van der Waals surface area contributed by atoms with Gasteiger partial charge in [-0.2, -0.15) is 18.3 Å². The smallest absolute Gasteiger partial charge is 0.416 e. The van der Waals surface area contributed by atoms with Gasteiger partial charge in [0.05, 0.1) is 17.8 Å². The fraction of sp³-hybridized carbons (Fsp3) is 0.556. The highest BCUT2D eigenvalue weighted by Gasteiger charge is 2.39. The third-order valence-corrected chi connectivity index (χ3v) is 9.32. The number of rotatable bonds is 10. The van der Waals surface area contributed by atoms with E-state index in [9.17, 15) is 22.4 Å². The van der Waals surface area contributed by atoms with Crippen LogP contribution in [0, 0.1) is 11.7 Å². The fourth-order valence-corrected chi connectivity index (χ4v) is 7.00. The van der Waals surface area contributed by atoms with Gasteiger partial charge in [0.2, 0.25) is 0 Å². The van der Waals surface area contributed by atoms with Crippen LogP contribution in [0.2, 0.25) is 0 Å². The number of carbonyl (C=O) groups is 1. The molecule has 274 valence electrons. The van der Waals surface area contributed by atoms with Gasteiger partial charge in [0.25, 0.3) is 0 Å². The van der Waals surface area contributed by atoms with Crippen molar-refractivity contribution in [2.45, 2.75) is 96.0 Å². The first-order valence-corrected chi connectivity index (χ1v) is 16.4. The maximum atomic E-state index is 14.2. The van der Waals surface area contributed by atoms with E-state index in [1.807, 2.05) is 31.5 Å². The van der Waals surface area contributed by atoms with Crippen LogP contribution in [0.25, 0.3) is 0 Å². The summed E-state index contributed by atoms with van der Waals surface area (Å²) >= 11 is 0. The summed E-state index contributed by atoms with van der Waals surface area (Å²) in [4.78, 5) is 15.1. The second-order valence-electron chi connectivity index (χ2n) is 13.9. The molecule has 1 aliphatic carbocycles. The van der Waals surface area contributed by atoms with E-state index >= 15 is 0 Å². The van der Waals surface area contributed by atoms with E-state index in [0.717, 1.165) is 74.4 Å². The average molecular weight is 752 g/mol. The molecule has 5 rings (SSSR count). The van der Waals surface area contributed by atoms with Crippen LogP contribution in [-0.2, 0) is 28.7 Å². The van der Waals surface area contributed by atoms with Crippen LogP contribution in [0.15, 0.2) is 54.6 Å². The van der Waals surface area contributed by atoms with Gasteiger partial charge in [-0.1, -0.05) is 24.3 Å². The van der Waals surface area contributed by atoms with Crippen LogP contribution in [0.5, 0.6) is 0 Å². The van der Waals surface area contributed by atoms with Gasteiger partial charge in [0.15, 0.2) is 0 Å². The quantitative estimate of drug-likeness (QED) is 0.166. The minimum Gasteiger partial charge on any atom is -0.461 e. The lowest BCUT2D eigenvalue weighted by atomic mass is 9.87. The van der Waals surface area contributed by atoms with Crippen LogP contribution >= 0.6 is 37.2 Å². The Kier molecular flexibility index (Phi) is 15.9. The van der Waals surface area contributed by atoms with Crippen molar-refractivity contribution in [3.8, 4) is 0 Å².